The molecule has 0 saturated heterocycles. The highest BCUT2D eigenvalue weighted by atomic mass is 16.4. The molecular formula is C16H15NO. The molecule has 0 aliphatic heterocycles. The Labute approximate surface area is 107 Å². The second kappa shape index (κ2) is 5.82. The van der Waals surface area contributed by atoms with E-state index in [1.807, 2.05) is 48.5 Å². The first kappa shape index (κ1) is 12.1. The van der Waals surface area contributed by atoms with Gasteiger partial charge < -0.3 is 5.21 Å². The van der Waals surface area contributed by atoms with Gasteiger partial charge in [0.1, 0.15) is 5.71 Å². The molecular weight excluding hydrogens is 222 g/mol. The highest BCUT2D eigenvalue weighted by molar-refractivity contribution is 6.10. The van der Waals surface area contributed by atoms with Crippen molar-refractivity contribution in [3.8, 4) is 0 Å². The Bertz CT molecular complexity index is 553. The van der Waals surface area contributed by atoms with Crippen LogP contribution < -0.4 is 0 Å². The van der Waals surface area contributed by atoms with Gasteiger partial charge in [0.2, 0.25) is 0 Å². The number of hydrogen-bond acceptors (Lipinski definition) is 2. The lowest BCUT2D eigenvalue weighted by Gasteiger charge is -1.99. The van der Waals surface area contributed by atoms with Gasteiger partial charge in [-0.3, -0.25) is 0 Å². The van der Waals surface area contributed by atoms with Gasteiger partial charge in [0.05, 0.1) is 0 Å². The smallest absolute Gasteiger partial charge is 0.109 e. The van der Waals surface area contributed by atoms with Crippen molar-refractivity contribution in [3.05, 3.63) is 77.4 Å². The number of aryl methyl sites for hydroxylation is 1. The maximum atomic E-state index is 9.04. The first-order valence-electron chi connectivity index (χ1n) is 5.82. The molecule has 2 heteroatoms. The Balaban J connectivity index is 2.19. The fourth-order valence-electron chi connectivity index (χ4n) is 1.65. The summed E-state index contributed by atoms with van der Waals surface area (Å²) < 4.78 is 0. The van der Waals surface area contributed by atoms with E-state index in [9.17, 15) is 0 Å². The predicted octanol–water partition coefficient (Wildman–Crippen LogP) is 3.89. The van der Waals surface area contributed by atoms with Crippen molar-refractivity contribution in [1.82, 2.24) is 0 Å². The maximum Gasteiger partial charge on any atom is 0.109 e. The summed E-state index contributed by atoms with van der Waals surface area (Å²) in [5, 5.41) is 12.4. The Kier molecular flexibility index (Phi) is 3.92. The van der Waals surface area contributed by atoms with Crippen LogP contribution in [-0.4, -0.2) is 10.9 Å². The molecule has 0 aliphatic rings. The van der Waals surface area contributed by atoms with E-state index in [1.54, 1.807) is 6.08 Å². The Morgan fingerprint density at radius 3 is 2.28 bits per heavy atom. The summed E-state index contributed by atoms with van der Waals surface area (Å²) in [6, 6.07) is 17.8. The predicted molar refractivity (Wildman–Crippen MR) is 75.0 cm³/mol. The van der Waals surface area contributed by atoms with Crippen LogP contribution in [0.2, 0.25) is 0 Å². The Hall–Kier alpha value is -2.35. The van der Waals surface area contributed by atoms with Gasteiger partial charge in [0, 0.05) is 5.56 Å². The zero-order valence-electron chi connectivity index (χ0n) is 10.2. The SMILES string of the molecule is Cc1ccc(/C=C/C(=N/O)c2ccccc2)cc1. The van der Waals surface area contributed by atoms with Gasteiger partial charge in [-0.05, 0) is 18.6 Å². The van der Waals surface area contributed by atoms with Crippen LogP contribution in [-0.2, 0) is 0 Å². The van der Waals surface area contributed by atoms with Crippen LogP contribution in [0.1, 0.15) is 16.7 Å². The zero-order valence-corrected chi connectivity index (χ0v) is 10.2. The third-order valence-electron chi connectivity index (χ3n) is 2.69. The number of oxime groups is 1. The van der Waals surface area contributed by atoms with Crippen LogP contribution in [0.25, 0.3) is 6.08 Å². The molecule has 0 heterocycles. The molecule has 2 nitrogen and oxygen atoms in total. The Morgan fingerprint density at radius 2 is 1.67 bits per heavy atom. The summed E-state index contributed by atoms with van der Waals surface area (Å²) in [4.78, 5) is 0. The largest absolute Gasteiger partial charge is 0.410 e. The second-order valence-electron chi connectivity index (χ2n) is 4.10. The number of allylic oxidation sites excluding steroid dienone is 1. The average Bonchev–Trinajstić information content (AvgIpc) is 2.43. The van der Waals surface area contributed by atoms with Gasteiger partial charge in [-0.25, -0.2) is 0 Å². The van der Waals surface area contributed by atoms with E-state index in [0.29, 0.717) is 5.71 Å². The van der Waals surface area contributed by atoms with Gasteiger partial charge in [0.15, 0.2) is 0 Å². The fourth-order valence-corrected chi connectivity index (χ4v) is 1.65. The van der Waals surface area contributed by atoms with Crippen molar-refractivity contribution < 1.29 is 5.21 Å². The van der Waals surface area contributed by atoms with Crippen LogP contribution in [0, 0.1) is 6.92 Å². The quantitative estimate of drug-likeness (QED) is 0.490. The van der Waals surface area contributed by atoms with Crippen molar-refractivity contribution in [2.24, 2.45) is 5.16 Å². The van der Waals surface area contributed by atoms with Crippen LogP contribution in [0.15, 0.2) is 65.8 Å². The monoisotopic (exact) mass is 237 g/mol. The van der Waals surface area contributed by atoms with Crippen molar-refractivity contribution in [2.45, 2.75) is 6.92 Å². The second-order valence-corrected chi connectivity index (χ2v) is 4.10. The third-order valence-corrected chi connectivity index (χ3v) is 2.69. The van der Waals surface area contributed by atoms with Crippen LogP contribution in [0.5, 0.6) is 0 Å². The minimum Gasteiger partial charge on any atom is -0.410 e. The highest BCUT2D eigenvalue weighted by Crippen LogP contribution is 2.08. The van der Waals surface area contributed by atoms with E-state index < -0.39 is 0 Å². The number of rotatable bonds is 3. The zero-order chi connectivity index (χ0) is 12.8. The van der Waals surface area contributed by atoms with Gasteiger partial charge >= 0.3 is 0 Å². The van der Waals surface area contributed by atoms with Crippen LogP contribution in [0.3, 0.4) is 0 Å². The number of hydrogen-bond donors (Lipinski definition) is 1. The van der Waals surface area contributed by atoms with E-state index in [0.717, 1.165) is 11.1 Å². The van der Waals surface area contributed by atoms with E-state index in [-0.39, 0.29) is 0 Å². The average molecular weight is 237 g/mol. The molecule has 0 atom stereocenters. The molecule has 0 amide bonds. The van der Waals surface area contributed by atoms with Crippen molar-refractivity contribution in [1.29, 1.82) is 0 Å². The minimum absolute atomic E-state index is 0.552. The number of nitrogens with zero attached hydrogens (tertiary/aromatic N) is 1. The summed E-state index contributed by atoms with van der Waals surface area (Å²) in [7, 11) is 0. The maximum absolute atomic E-state index is 9.04. The fraction of sp³-hybridized carbons (Fsp3) is 0.0625. The lowest BCUT2D eigenvalue weighted by molar-refractivity contribution is 0.320. The van der Waals surface area contributed by atoms with Crippen LogP contribution >= 0.6 is 0 Å². The molecule has 0 unspecified atom stereocenters. The Morgan fingerprint density at radius 1 is 1.00 bits per heavy atom. The minimum atomic E-state index is 0.552. The standard InChI is InChI=1S/C16H15NO/c1-13-7-9-14(10-8-13)11-12-16(17-18)15-5-3-2-4-6-15/h2-12,18H,1H3/b12-11+,17-16-. The highest BCUT2D eigenvalue weighted by Gasteiger charge is 1.98. The first-order valence-corrected chi connectivity index (χ1v) is 5.82. The summed E-state index contributed by atoms with van der Waals surface area (Å²) in [6.07, 6.45) is 3.74. The van der Waals surface area contributed by atoms with E-state index >= 15 is 0 Å². The van der Waals surface area contributed by atoms with Crippen molar-refractivity contribution in [2.75, 3.05) is 0 Å². The van der Waals surface area contributed by atoms with Crippen LogP contribution in [0.4, 0.5) is 0 Å². The molecule has 0 aliphatic carbocycles. The third kappa shape index (κ3) is 3.08. The topological polar surface area (TPSA) is 32.6 Å². The molecule has 0 aromatic heterocycles. The lowest BCUT2D eigenvalue weighted by atomic mass is 10.1. The molecule has 0 bridgehead atoms. The first-order chi connectivity index (χ1) is 8.79. The molecule has 18 heavy (non-hydrogen) atoms. The van der Waals surface area contributed by atoms with Gasteiger partial charge in [0.25, 0.3) is 0 Å². The summed E-state index contributed by atoms with van der Waals surface area (Å²) >= 11 is 0. The van der Waals surface area contributed by atoms with Gasteiger partial charge in [-0.15, -0.1) is 0 Å². The molecule has 0 fully saturated rings. The van der Waals surface area contributed by atoms with E-state index in [4.69, 9.17) is 5.21 Å². The molecule has 0 radical (unpaired) electrons. The molecule has 2 rings (SSSR count). The van der Waals surface area contributed by atoms with Gasteiger partial charge in [-0.1, -0.05) is 71.4 Å². The normalized spacial score (nSPS) is 11.9. The van der Waals surface area contributed by atoms with Crippen molar-refractivity contribution >= 4 is 11.8 Å². The summed E-state index contributed by atoms with van der Waals surface area (Å²) in [5.74, 6) is 0. The molecule has 0 saturated carbocycles. The van der Waals surface area contributed by atoms with Gasteiger partial charge in [-0.2, -0.15) is 0 Å². The molecule has 0 spiro atoms. The summed E-state index contributed by atoms with van der Waals surface area (Å²) in [6.45, 7) is 2.05. The molecule has 90 valence electrons. The number of benzene rings is 2. The summed E-state index contributed by atoms with van der Waals surface area (Å²) in [5.41, 5.74) is 3.75. The van der Waals surface area contributed by atoms with E-state index in [2.05, 4.69) is 24.2 Å². The molecule has 2 aromatic rings. The molecule has 1 N–H and O–H groups in total. The van der Waals surface area contributed by atoms with E-state index in [1.165, 1.54) is 5.56 Å². The lowest BCUT2D eigenvalue weighted by Crippen LogP contribution is -1.95. The molecule has 2 aromatic carbocycles. The van der Waals surface area contributed by atoms with Crippen molar-refractivity contribution in [3.63, 3.8) is 0 Å².